The monoisotopic (exact) mass is 939 g/mol. The van der Waals surface area contributed by atoms with Crippen molar-refractivity contribution < 1.29 is 50.5 Å². The number of carbonyl (C=O) groups excluding carboxylic acids is 3. The number of aromatic nitrogens is 2. The summed E-state index contributed by atoms with van der Waals surface area (Å²) in [6.45, 7) is 6.45. The lowest BCUT2D eigenvalue weighted by Crippen LogP contribution is -2.29. The number of carbonyl (C=O) groups is 3. The second kappa shape index (κ2) is 17.7. The number of fused-ring (bicyclic) bond motifs is 6. The van der Waals surface area contributed by atoms with Gasteiger partial charge >= 0.3 is 5.97 Å². The number of azo groups is 1. The summed E-state index contributed by atoms with van der Waals surface area (Å²) in [5, 5.41) is 10.3. The molecule has 0 radical (unpaired) electrons. The van der Waals surface area contributed by atoms with E-state index in [2.05, 4.69) is 43.7 Å². The molecule has 19 heteroatoms. The van der Waals surface area contributed by atoms with Gasteiger partial charge in [-0.15, -0.1) is 10.2 Å². The van der Waals surface area contributed by atoms with Crippen LogP contribution in [-0.4, -0.2) is 68.2 Å². The average Bonchev–Trinajstić information content (AvgIpc) is 4.16. The fourth-order valence-corrected chi connectivity index (χ4v) is 8.95. The Morgan fingerprint density at radius 3 is 1.84 bits per heavy atom. The molecule has 0 bridgehead atoms. The maximum atomic E-state index is 14.2. The number of aromatic amines is 2. The fraction of sp³-hybridized carbons (Fsp3) is 0.229. The van der Waals surface area contributed by atoms with Gasteiger partial charge in [0, 0.05) is 77.1 Å². The highest BCUT2D eigenvalue weighted by Gasteiger charge is 2.33. The largest absolute Gasteiger partial charge is 0.494 e. The molecule has 0 fully saturated rings. The van der Waals surface area contributed by atoms with Crippen LogP contribution < -0.4 is 28.9 Å². The average molecular weight is 940 g/mol. The van der Waals surface area contributed by atoms with E-state index >= 15 is 0 Å². The van der Waals surface area contributed by atoms with Crippen molar-refractivity contribution in [1.82, 2.24) is 9.97 Å². The third kappa shape index (κ3) is 7.73. The topological polar surface area (TPSA) is 145 Å². The number of esters is 1. The van der Waals surface area contributed by atoms with E-state index < -0.39 is 40.8 Å². The predicted molar refractivity (Wildman–Crippen MR) is 242 cm³/mol. The predicted octanol–water partition coefficient (Wildman–Crippen LogP) is 11.3. The van der Waals surface area contributed by atoms with Gasteiger partial charge in [-0.3, -0.25) is 9.59 Å². The summed E-state index contributed by atoms with van der Waals surface area (Å²) in [5.41, 5.74) is 5.88. The third-order valence-electron chi connectivity index (χ3n) is 12.0. The summed E-state index contributed by atoms with van der Waals surface area (Å²) < 4.78 is 85.4. The zero-order valence-electron chi connectivity index (χ0n) is 36.3. The minimum atomic E-state index is -2.39. The molecule has 0 atom stereocenters. The normalized spacial score (nSPS) is 13.2. The van der Waals surface area contributed by atoms with E-state index in [1.54, 1.807) is 72.6 Å². The molecule has 13 nitrogen and oxygen atoms in total. The Labute approximate surface area is 383 Å². The molecule has 0 saturated carbocycles. The van der Waals surface area contributed by atoms with Crippen LogP contribution in [0.15, 0.2) is 77.0 Å². The molecule has 2 amide bonds. The maximum Gasteiger partial charge on any atom is 0.360 e. The highest BCUT2D eigenvalue weighted by Crippen LogP contribution is 2.43. The molecule has 7 aromatic rings. The fourth-order valence-electron chi connectivity index (χ4n) is 8.73. The molecule has 2 aliphatic rings. The summed E-state index contributed by atoms with van der Waals surface area (Å²) in [4.78, 5) is 52.4. The molecule has 2 N–H and O–H groups in total. The van der Waals surface area contributed by atoms with Gasteiger partial charge in [0.05, 0.1) is 24.9 Å². The van der Waals surface area contributed by atoms with E-state index in [0.29, 0.717) is 86.9 Å². The van der Waals surface area contributed by atoms with Crippen LogP contribution in [0.4, 0.5) is 50.4 Å². The standard InChI is InChI=1S/C48H39ClF5N7O6/c1-5-15-59(6-2)37-22-38(65-3)32(21-39(37)66-4)58-57-31-8-7-23(18-28(31)49)46(62)60-16-13-24-26-19-33(55-29(26)9-11-35(24)60)47(63)61-17-14-25-27-20-34(56-30(27)10-12-36(25)61)48(64)67-45-43(53)41(51)40(50)42(52)44(45)54/h7-12,18-22,55-56H,5-6,13-17H2,1-4H3. The summed E-state index contributed by atoms with van der Waals surface area (Å²) in [5.74, 6) is -14.1. The minimum absolute atomic E-state index is 0.218. The van der Waals surface area contributed by atoms with E-state index in [0.717, 1.165) is 36.1 Å². The summed E-state index contributed by atoms with van der Waals surface area (Å²) in [6, 6.07) is 18.4. The van der Waals surface area contributed by atoms with Gasteiger partial charge in [-0.1, -0.05) is 18.5 Å². The van der Waals surface area contributed by atoms with Crippen molar-refractivity contribution >= 4 is 79.6 Å². The molecule has 344 valence electrons. The van der Waals surface area contributed by atoms with Crippen molar-refractivity contribution in [2.24, 2.45) is 10.2 Å². The first-order chi connectivity index (χ1) is 32.3. The summed E-state index contributed by atoms with van der Waals surface area (Å²) in [7, 11) is 3.15. The van der Waals surface area contributed by atoms with Crippen LogP contribution >= 0.6 is 11.6 Å². The molecule has 2 aliphatic heterocycles. The van der Waals surface area contributed by atoms with Gasteiger partial charge in [-0.05, 0) is 91.9 Å². The lowest BCUT2D eigenvalue weighted by molar-refractivity contribution is 0.0710. The summed E-state index contributed by atoms with van der Waals surface area (Å²) >= 11 is 6.69. The second-order valence-corrected chi connectivity index (χ2v) is 16.2. The molecule has 0 saturated heterocycles. The van der Waals surface area contributed by atoms with Gasteiger partial charge in [-0.2, -0.15) is 8.78 Å². The number of methoxy groups -OCH3 is 2. The number of ether oxygens (including phenoxy) is 3. The van der Waals surface area contributed by atoms with Crippen LogP contribution in [0.25, 0.3) is 21.8 Å². The summed E-state index contributed by atoms with van der Waals surface area (Å²) in [6.07, 6.45) is 1.85. The van der Waals surface area contributed by atoms with Gasteiger partial charge in [0.1, 0.15) is 34.3 Å². The molecular formula is C48H39ClF5N7O6. The van der Waals surface area contributed by atoms with E-state index in [1.807, 2.05) is 12.1 Å². The molecule has 67 heavy (non-hydrogen) atoms. The van der Waals surface area contributed by atoms with Crippen LogP contribution in [0, 0.1) is 29.1 Å². The smallest absolute Gasteiger partial charge is 0.360 e. The molecule has 0 spiro atoms. The van der Waals surface area contributed by atoms with Crippen molar-refractivity contribution in [2.45, 2.75) is 33.1 Å². The van der Waals surface area contributed by atoms with Crippen molar-refractivity contribution in [3.8, 4) is 17.2 Å². The quantitative estimate of drug-likeness (QED) is 0.0310. The molecule has 0 unspecified atom stereocenters. The van der Waals surface area contributed by atoms with Gasteiger partial charge in [0.2, 0.25) is 34.8 Å². The highest BCUT2D eigenvalue weighted by atomic mass is 35.5. The third-order valence-corrected chi connectivity index (χ3v) is 12.3. The van der Waals surface area contributed by atoms with Crippen molar-refractivity contribution in [3.05, 3.63) is 129 Å². The molecular weight excluding hydrogens is 901 g/mol. The van der Waals surface area contributed by atoms with E-state index in [1.165, 1.54) is 6.07 Å². The van der Waals surface area contributed by atoms with Crippen molar-refractivity contribution in [3.63, 3.8) is 0 Å². The first-order valence-electron chi connectivity index (χ1n) is 21.1. The van der Waals surface area contributed by atoms with Crippen LogP contribution in [0.5, 0.6) is 17.2 Å². The molecule has 0 aliphatic carbocycles. The van der Waals surface area contributed by atoms with Gasteiger partial charge < -0.3 is 38.9 Å². The SMILES string of the molecule is CCCN(CC)c1cc(OC)c(N=Nc2ccc(C(=O)N3CCc4c3ccc3[nH]c(C(=O)N5CCc6c5ccc5[nH]c(C(=O)Oc7c(F)c(F)c(F)c(F)c7F)cc65)cc43)cc2Cl)cc1OC. The van der Waals surface area contributed by atoms with Crippen molar-refractivity contribution in [2.75, 3.05) is 55.1 Å². The molecule has 5 aromatic carbocycles. The number of hydrogen-bond acceptors (Lipinski definition) is 9. The van der Waals surface area contributed by atoms with Gasteiger partial charge in [-0.25, -0.2) is 18.0 Å². The minimum Gasteiger partial charge on any atom is -0.494 e. The number of nitrogens with one attached hydrogen (secondary N) is 2. The maximum absolute atomic E-state index is 14.2. The zero-order chi connectivity index (χ0) is 47.4. The number of halogens is 6. The lowest BCUT2D eigenvalue weighted by atomic mass is 10.1. The first-order valence-corrected chi connectivity index (χ1v) is 21.5. The van der Waals surface area contributed by atoms with Crippen LogP contribution in [0.2, 0.25) is 5.02 Å². The Hall–Kier alpha value is -7.47. The Kier molecular flexibility index (Phi) is 11.8. The Bertz CT molecular complexity index is 3200. The zero-order valence-corrected chi connectivity index (χ0v) is 37.0. The van der Waals surface area contributed by atoms with Crippen molar-refractivity contribution in [1.29, 1.82) is 0 Å². The van der Waals surface area contributed by atoms with Crippen LogP contribution in [0.3, 0.4) is 0 Å². The highest BCUT2D eigenvalue weighted by molar-refractivity contribution is 6.33. The number of benzene rings is 5. The number of H-pyrrole nitrogens is 2. The Morgan fingerprint density at radius 2 is 1.25 bits per heavy atom. The lowest BCUT2D eigenvalue weighted by Gasteiger charge is -2.25. The van der Waals surface area contributed by atoms with E-state index in [9.17, 15) is 36.3 Å². The van der Waals surface area contributed by atoms with Gasteiger partial charge in [0.15, 0.2) is 0 Å². The first kappa shape index (κ1) is 44.7. The number of anilines is 3. The van der Waals surface area contributed by atoms with Gasteiger partial charge in [0.25, 0.3) is 11.8 Å². The number of nitrogens with zero attached hydrogens (tertiary/aromatic N) is 5. The Balaban J connectivity index is 0.915. The second-order valence-electron chi connectivity index (χ2n) is 15.8. The van der Waals surface area contributed by atoms with E-state index in [4.69, 9.17) is 21.1 Å². The number of rotatable bonds is 12. The number of amides is 2. The van der Waals surface area contributed by atoms with E-state index in [-0.39, 0.29) is 29.1 Å². The molecule has 2 aromatic heterocycles. The van der Waals surface area contributed by atoms with Crippen LogP contribution in [0.1, 0.15) is 62.7 Å². The molecule has 9 rings (SSSR count). The Morgan fingerprint density at radius 1 is 0.687 bits per heavy atom. The van der Waals surface area contributed by atoms with Crippen LogP contribution in [-0.2, 0) is 12.8 Å². The molecule has 4 heterocycles. The number of hydrogen-bond donors (Lipinski definition) is 2.